The van der Waals surface area contributed by atoms with Gasteiger partial charge in [0, 0.05) is 18.6 Å². The fraction of sp³-hybridized carbons (Fsp3) is 0.941. The minimum atomic E-state index is -1.10. The molecule has 0 amide bonds. The standard InChI is InChI=1S/C17H32N2O2/c1-17(18,16(20)21)12-13-19(14-8-4-2-5-9-14)15-10-6-3-7-11-15/h14-15H,2-13,18H2,1H3,(H,20,21). The topological polar surface area (TPSA) is 66.6 Å². The predicted octanol–water partition coefficient (Wildman–Crippen LogP) is 3.15. The van der Waals surface area contributed by atoms with Crippen LogP contribution in [0.2, 0.25) is 0 Å². The summed E-state index contributed by atoms with van der Waals surface area (Å²) in [4.78, 5) is 13.9. The van der Waals surface area contributed by atoms with E-state index in [9.17, 15) is 9.90 Å². The first-order chi connectivity index (χ1) is 10.0. The number of hydrogen-bond donors (Lipinski definition) is 2. The monoisotopic (exact) mass is 296 g/mol. The maximum atomic E-state index is 11.2. The van der Waals surface area contributed by atoms with E-state index >= 15 is 0 Å². The van der Waals surface area contributed by atoms with Crippen molar-refractivity contribution in [3.8, 4) is 0 Å². The Morgan fingerprint density at radius 3 is 1.86 bits per heavy atom. The van der Waals surface area contributed by atoms with E-state index in [1.165, 1.54) is 64.2 Å². The lowest BCUT2D eigenvalue weighted by Gasteiger charge is -2.42. The number of aliphatic carboxylic acids is 1. The van der Waals surface area contributed by atoms with Crippen LogP contribution in [0.4, 0.5) is 0 Å². The van der Waals surface area contributed by atoms with Gasteiger partial charge in [0.15, 0.2) is 0 Å². The summed E-state index contributed by atoms with van der Waals surface area (Å²) in [5.74, 6) is -0.880. The number of hydrogen-bond acceptors (Lipinski definition) is 3. The average Bonchev–Trinajstić information content (AvgIpc) is 2.49. The summed E-state index contributed by atoms with van der Waals surface area (Å²) >= 11 is 0. The van der Waals surface area contributed by atoms with Crippen molar-refractivity contribution in [1.82, 2.24) is 4.90 Å². The molecule has 0 bridgehead atoms. The highest BCUT2D eigenvalue weighted by Crippen LogP contribution is 2.30. The minimum Gasteiger partial charge on any atom is -0.480 e. The van der Waals surface area contributed by atoms with Gasteiger partial charge < -0.3 is 10.8 Å². The van der Waals surface area contributed by atoms with E-state index in [1.807, 2.05) is 0 Å². The van der Waals surface area contributed by atoms with Crippen LogP contribution >= 0.6 is 0 Å². The molecule has 0 aromatic carbocycles. The molecule has 3 N–H and O–H groups in total. The molecule has 0 heterocycles. The Labute approximate surface area is 129 Å². The van der Waals surface area contributed by atoms with Gasteiger partial charge in [0.1, 0.15) is 5.54 Å². The van der Waals surface area contributed by atoms with Gasteiger partial charge >= 0.3 is 5.97 Å². The Balaban J connectivity index is 1.98. The smallest absolute Gasteiger partial charge is 0.323 e. The van der Waals surface area contributed by atoms with Crippen LogP contribution in [0.25, 0.3) is 0 Å². The van der Waals surface area contributed by atoms with Crippen LogP contribution in [-0.4, -0.2) is 40.1 Å². The Hall–Kier alpha value is -0.610. The van der Waals surface area contributed by atoms with Gasteiger partial charge in [0.2, 0.25) is 0 Å². The summed E-state index contributed by atoms with van der Waals surface area (Å²) in [7, 11) is 0. The highest BCUT2D eigenvalue weighted by molar-refractivity contribution is 5.77. The third-order valence-electron chi connectivity index (χ3n) is 5.47. The Morgan fingerprint density at radius 2 is 1.48 bits per heavy atom. The van der Waals surface area contributed by atoms with Crippen LogP contribution in [0.15, 0.2) is 0 Å². The number of rotatable bonds is 6. The fourth-order valence-electron chi connectivity index (χ4n) is 3.96. The van der Waals surface area contributed by atoms with Crippen molar-refractivity contribution in [2.45, 2.75) is 95.2 Å². The second-order valence-electron chi connectivity index (χ2n) is 7.29. The molecule has 1 atom stereocenters. The highest BCUT2D eigenvalue weighted by atomic mass is 16.4. The zero-order valence-electron chi connectivity index (χ0n) is 13.5. The van der Waals surface area contributed by atoms with Crippen molar-refractivity contribution in [3.05, 3.63) is 0 Å². The second kappa shape index (κ2) is 7.59. The van der Waals surface area contributed by atoms with Crippen molar-refractivity contribution in [3.63, 3.8) is 0 Å². The van der Waals surface area contributed by atoms with Crippen molar-refractivity contribution in [2.24, 2.45) is 5.73 Å². The van der Waals surface area contributed by atoms with E-state index in [2.05, 4.69) is 4.90 Å². The zero-order valence-corrected chi connectivity index (χ0v) is 13.5. The number of carboxylic acids is 1. The second-order valence-corrected chi connectivity index (χ2v) is 7.29. The normalized spacial score (nSPS) is 24.9. The molecule has 2 fully saturated rings. The number of nitrogens with two attached hydrogens (primary N) is 1. The van der Waals surface area contributed by atoms with Gasteiger partial charge in [-0.25, -0.2) is 0 Å². The van der Waals surface area contributed by atoms with Gasteiger partial charge in [-0.3, -0.25) is 9.69 Å². The van der Waals surface area contributed by atoms with Gasteiger partial charge in [-0.1, -0.05) is 38.5 Å². The number of nitrogens with zero attached hydrogens (tertiary/aromatic N) is 1. The van der Waals surface area contributed by atoms with Crippen LogP contribution in [0.5, 0.6) is 0 Å². The Morgan fingerprint density at radius 1 is 1.05 bits per heavy atom. The first kappa shape index (κ1) is 16.8. The van der Waals surface area contributed by atoms with Gasteiger partial charge in [-0.2, -0.15) is 0 Å². The molecule has 0 radical (unpaired) electrons. The highest BCUT2D eigenvalue weighted by Gasteiger charge is 2.33. The summed E-state index contributed by atoms with van der Waals surface area (Å²) in [6, 6.07) is 1.32. The first-order valence-corrected chi connectivity index (χ1v) is 8.79. The molecule has 2 aliphatic rings. The molecular formula is C17H32N2O2. The number of carboxylic acid groups (broad SMARTS) is 1. The van der Waals surface area contributed by atoms with Crippen LogP contribution in [0.3, 0.4) is 0 Å². The van der Waals surface area contributed by atoms with Crippen molar-refractivity contribution in [2.75, 3.05) is 6.54 Å². The molecule has 2 aliphatic carbocycles. The molecule has 122 valence electrons. The molecule has 0 aromatic rings. The molecule has 4 heteroatoms. The molecule has 0 aliphatic heterocycles. The predicted molar refractivity (Wildman–Crippen MR) is 85.3 cm³/mol. The molecule has 21 heavy (non-hydrogen) atoms. The van der Waals surface area contributed by atoms with E-state index < -0.39 is 11.5 Å². The Bertz CT molecular complexity index is 314. The Kier molecular flexibility index (Phi) is 6.06. The quantitative estimate of drug-likeness (QED) is 0.790. The van der Waals surface area contributed by atoms with Gasteiger partial charge in [0.25, 0.3) is 0 Å². The summed E-state index contributed by atoms with van der Waals surface area (Å²) in [6.45, 7) is 2.49. The van der Waals surface area contributed by atoms with E-state index in [-0.39, 0.29) is 0 Å². The van der Waals surface area contributed by atoms with Crippen LogP contribution in [-0.2, 0) is 4.79 Å². The molecular weight excluding hydrogens is 264 g/mol. The first-order valence-electron chi connectivity index (χ1n) is 8.79. The van der Waals surface area contributed by atoms with Crippen LogP contribution in [0, 0.1) is 0 Å². The lowest BCUT2D eigenvalue weighted by molar-refractivity contribution is -0.143. The molecule has 4 nitrogen and oxygen atoms in total. The van der Waals surface area contributed by atoms with Gasteiger partial charge in [-0.05, 0) is 39.0 Å². The van der Waals surface area contributed by atoms with E-state index in [1.54, 1.807) is 6.92 Å². The molecule has 2 saturated carbocycles. The SMILES string of the molecule is CC(N)(CCN(C1CCCCC1)C1CCCCC1)C(=O)O. The van der Waals surface area contributed by atoms with Gasteiger partial charge in [0.05, 0.1) is 0 Å². The average molecular weight is 296 g/mol. The maximum absolute atomic E-state index is 11.2. The third-order valence-corrected chi connectivity index (χ3v) is 5.47. The fourth-order valence-corrected chi connectivity index (χ4v) is 3.96. The van der Waals surface area contributed by atoms with Gasteiger partial charge in [-0.15, -0.1) is 0 Å². The largest absolute Gasteiger partial charge is 0.480 e. The summed E-state index contributed by atoms with van der Waals surface area (Å²) in [6.07, 6.45) is 13.7. The molecule has 0 aromatic heterocycles. The lowest BCUT2D eigenvalue weighted by atomic mass is 9.87. The molecule has 0 saturated heterocycles. The lowest BCUT2D eigenvalue weighted by Crippen LogP contribution is -2.51. The van der Waals surface area contributed by atoms with E-state index in [0.29, 0.717) is 18.5 Å². The van der Waals surface area contributed by atoms with E-state index in [4.69, 9.17) is 5.73 Å². The van der Waals surface area contributed by atoms with Crippen LogP contribution in [0.1, 0.15) is 77.6 Å². The van der Waals surface area contributed by atoms with Crippen molar-refractivity contribution in [1.29, 1.82) is 0 Å². The summed E-state index contributed by atoms with van der Waals surface area (Å²) in [5, 5.41) is 9.23. The minimum absolute atomic E-state index is 0.551. The van der Waals surface area contributed by atoms with Crippen molar-refractivity contribution < 1.29 is 9.90 Å². The maximum Gasteiger partial charge on any atom is 0.323 e. The van der Waals surface area contributed by atoms with E-state index in [0.717, 1.165) is 6.54 Å². The summed E-state index contributed by atoms with van der Waals surface area (Å²) < 4.78 is 0. The van der Waals surface area contributed by atoms with Crippen LogP contribution < -0.4 is 5.73 Å². The number of carbonyl (C=O) groups is 1. The zero-order chi connectivity index (χ0) is 15.3. The molecule has 2 rings (SSSR count). The summed E-state index contributed by atoms with van der Waals surface area (Å²) in [5.41, 5.74) is 4.85. The third kappa shape index (κ3) is 4.68. The molecule has 1 unspecified atom stereocenters. The molecule has 0 spiro atoms. The van der Waals surface area contributed by atoms with Crippen molar-refractivity contribution >= 4 is 5.97 Å².